The van der Waals surface area contributed by atoms with Crippen LogP contribution in [0, 0.1) is 0 Å². The zero-order chi connectivity index (χ0) is 26.2. The van der Waals surface area contributed by atoms with E-state index in [1.165, 1.54) is 4.31 Å². The van der Waals surface area contributed by atoms with E-state index in [9.17, 15) is 13.2 Å². The van der Waals surface area contributed by atoms with Crippen molar-refractivity contribution in [1.82, 2.24) is 10.1 Å². The molecule has 1 amide bonds. The van der Waals surface area contributed by atoms with Gasteiger partial charge in [-0.1, -0.05) is 49.3 Å². The van der Waals surface area contributed by atoms with Gasteiger partial charge in [0, 0.05) is 29.6 Å². The fourth-order valence-electron chi connectivity index (χ4n) is 4.48. The van der Waals surface area contributed by atoms with Gasteiger partial charge in [-0.3, -0.25) is 9.10 Å². The average molecular weight is 517 g/mol. The van der Waals surface area contributed by atoms with E-state index in [-0.39, 0.29) is 22.8 Å². The van der Waals surface area contributed by atoms with Crippen LogP contribution in [0.3, 0.4) is 0 Å². The number of hydrogen-bond acceptors (Lipinski definition) is 6. The summed E-state index contributed by atoms with van der Waals surface area (Å²) < 4.78 is 33.3. The van der Waals surface area contributed by atoms with Gasteiger partial charge in [-0.2, -0.15) is 4.98 Å². The Bertz CT molecular complexity index is 1530. The Morgan fingerprint density at radius 1 is 1.08 bits per heavy atom. The zero-order valence-electron chi connectivity index (χ0n) is 20.9. The molecule has 1 N–H and O–H groups in total. The molecule has 0 aliphatic carbocycles. The van der Waals surface area contributed by atoms with Gasteiger partial charge in [0.15, 0.2) is 5.82 Å². The van der Waals surface area contributed by atoms with Gasteiger partial charge in [0.1, 0.15) is 0 Å². The van der Waals surface area contributed by atoms with E-state index in [1.807, 2.05) is 45.0 Å². The molecule has 1 atom stereocenters. The summed E-state index contributed by atoms with van der Waals surface area (Å²) in [4.78, 5) is 17.6. The highest BCUT2D eigenvalue weighted by atomic mass is 32.2. The number of amides is 1. The lowest BCUT2D eigenvalue weighted by atomic mass is 10.1. The molecule has 0 radical (unpaired) electrons. The van der Waals surface area contributed by atoms with Crippen LogP contribution < -0.4 is 9.62 Å². The molecule has 0 bridgehead atoms. The van der Waals surface area contributed by atoms with E-state index in [0.717, 1.165) is 11.1 Å². The molecule has 8 nitrogen and oxygen atoms in total. The number of benzene rings is 3. The number of nitrogens with one attached hydrogen (secondary N) is 1. The highest BCUT2D eigenvalue weighted by molar-refractivity contribution is 7.92. The van der Waals surface area contributed by atoms with Crippen LogP contribution in [0.25, 0.3) is 0 Å². The average Bonchev–Trinajstić information content (AvgIpc) is 3.49. The molecule has 1 aliphatic rings. The van der Waals surface area contributed by atoms with E-state index in [1.54, 1.807) is 48.5 Å². The molecular weight excluding hydrogens is 488 g/mol. The summed E-state index contributed by atoms with van der Waals surface area (Å²) in [6.45, 7) is 5.87. The molecule has 0 unspecified atom stereocenters. The molecule has 37 heavy (non-hydrogen) atoms. The molecule has 5 rings (SSSR count). The number of carbonyl (C=O) groups excluding carboxylic acids is 1. The van der Waals surface area contributed by atoms with Gasteiger partial charge in [-0.05, 0) is 66.9 Å². The lowest BCUT2D eigenvalue weighted by Crippen LogP contribution is -2.35. The second-order valence-corrected chi connectivity index (χ2v) is 11.4. The quantitative estimate of drug-likeness (QED) is 0.363. The molecule has 0 spiro atoms. The van der Waals surface area contributed by atoms with Crippen molar-refractivity contribution in [3.05, 3.63) is 101 Å². The van der Waals surface area contributed by atoms with Crippen LogP contribution in [0.5, 0.6) is 0 Å². The van der Waals surface area contributed by atoms with Crippen LogP contribution in [0.1, 0.15) is 59.9 Å². The summed E-state index contributed by atoms with van der Waals surface area (Å²) in [7, 11) is -3.69. The molecule has 190 valence electrons. The van der Waals surface area contributed by atoms with Gasteiger partial charge >= 0.3 is 0 Å². The molecule has 2 heterocycles. The summed E-state index contributed by atoms with van der Waals surface area (Å²) >= 11 is 0. The summed E-state index contributed by atoms with van der Waals surface area (Å²) in [6.07, 6.45) is 1.07. The minimum absolute atomic E-state index is 0.178. The van der Waals surface area contributed by atoms with Gasteiger partial charge in [-0.25, -0.2) is 8.42 Å². The van der Waals surface area contributed by atoms with Gasteiger partial charge in [0.25, 0.3) is 15.9 Å². The van der Waals surface area contributed by atoms with E-state index < -0.39 is 10.0 Å². The highest BCUT2D eigenvalue weighted by Gasteiger charge is 2.36. The first-order valence-corrected chi connectivity index (χ1v) is 13.6. The lowest BCUT2D eigenvalue weighted by molar-refractivity contribution is 0.102. The summed E-state index contributed by atoms with van der Waals surface area (Å²) in [5.74, 6) is 1.16. The maximum absolute atomic E-state index is 13.3. The molecule has 4 aromatic rings. The number of hydrogen-bond donors (Lipinski definition) is 1. The number of rotatable bonds is 7. The van der Waals surface area contributed by atoms with Crippen molar-refractivity contribution in [3.63, 3.8) is 0 Å². The molecule has 1 aromatic heterocycles. The lowest BCUT2D eigenvalue weighted by Gasteiger charge is -2.24. The topological polar surface area (TPSA) is 105 Å². The number of fused-ring (bicyclic) bond motifs is 1. The number of nitrogens with zero attached hydrogens (tertiary/aromatic N) is 3. The number of sulfonamides is 1. The normalized spacial score (nSPS) is 15.1. The van der Waals surface area contributed by atoms with Gasteiger partial charge < -0.3 is 9.84 Å². The van der Waals surface area contributed by atoms with E-state index in [4.69, 9.17) is 4.52 Å². The Labute approximate surface area is 216 Å². The fraction of sp³-hybridized carbons (Fsp3) is 0.250. The molecule has 0 saturated heterocycles. The first kappa shape index (κ1) is 24.7. The summed E-state index contributed by atoms with van der Waals surface area (Å²) in [6, 6.07) is 20.8. The summed E-state index contributed by atoms with van der Waals surface area (Å²) in [5, 5.41) is 6.94. The van der Waals surface area contributed by atoms with E-state index in [2.05, 4.69) is 15.5 Å². The van der Waals surface area contributed by atoms with Crippen LogP contribution >= 0.6 is 0 Å². The molecule has 1 aliphatic heterocycles. The van der Waals surface area contributed by atoms with Crippen molar-refractivity contribution in [2.45, 2.75) is 50.5 Å². The van der Waals surface area contributed by atoms with E-state index >= 15 is 0 Å². The third-order valence-electron chi connectivity index (χ3n) is 6.35. The SMILES string of the molecule is CC(C)c1nc(Cc2ccc(NC(=O)c3ccc4c(c3)C[C@@H](C)N4S(=O)(=O)c3ccccc3)cc2)no1. The number of carbonyl (C=O) groups is 1. The highest BCUT2D eigenvalue weighted by Crippen LogP contribution is 2.37. The summed E-state index contributed by atoms with van der Waals surface area (Å²) in [5.41, 5.74) is 3.57. The monoisotopic (exact) mass is 516 g/mol. The predicted octanol–water partition coefficient (Wildman–Crippen LogP) is 5.18. The second kappa shape index (κ2) is 9.82. The second-order valence-electron chi connectivity index (χ2n) is 9.54. The van der Waals surface area contributed by atoms with Crippen molar-refractivity contribution >= 4 is 27.3 Å². The molecule has 0 saturated carbocycles. The third kappa shape index (κ3) is 4.99. The van der Waals surface area contributed by atoms with Crippen LogP contribution in [-0.4, -0.2) is 30.5 Å². The van der Waals surface area contributed by atoms with Crippen LogP contribution in [0.4, 0.5) is 11.4 Å². The van der Waals surface area contributed by atoms with Crippen molar-refractivity contribution in [2.24, 2.45) is 0 Å². The number of aromatic nitrogens is 2. The molecule has 0 fully saturated rings. The minimum atomic E-state index is -3.69. The Morgan fingerprint density at radius 2 is 1.81 bits per heavy atom. The van der Waals surface area contributed by atoms with Crippen molar-refractivity contribution < 1.29 is 17.7 Å². The van der Waals surface area contributed by atoms with Gasteiger partial charge in [-0.15, -0.1) is 0 Å². The van der Waals surface area contributed by atoms with Gasteiger partial charge in [0.2, 0.25) is 5.89 Å². The minimum Gasteiger partial charge on any atom is -0.339 e. The number of anilines is 2. The smallest absolute Gasteiger partial charge is 0.264 e. The standard InChI is InChI=1S/C28H28N4O4S/c1-18(2)28-30-26(31-36-28)16-20-9-12-23(13-10-20)29-27(33)21-11-14-25-22(17-21)15-19(3)32(25)37(34,35)24-7-5-4-6-8-24/h4-14,17-19H,15-16H2,1-3H3,(H,29,33)/t19-/m1/s1. The largest absolute Gasteiger partial charge is 0.339 e. The van der Waals surface area contributed by atoms with E-state index in [0.29, 0.717) is 41.5 Å². The van der Waals surface area contributed by atoms with Crippen LogP contribution in [-0.2, 0) is 22.9 Å². The zero-order valence-corrected chi connectivity index (χ0v) is 21.7. The van der Waals surface area contributed by atoms with Crippen molar-refractivity contribution in [2.75, 3.05) is 9.62 Å². The maximum atomic E-state index is 13.3. The van der Waals surface area contributed by atoms with Crippen molar-refractivity contribution in [3.8, 4) is 0 Å². The third-order valence-corrected chi connectivity index (χ3v) is 8.29. The molecular formula is C28H28N4O4S. The Hall–Kier alpha value is -3.98. The predicted molar refractivity (Wildman–Crippen MR) is 141 cm³/mol. The van der Waals surface area contributed by atoms with Crippen LogP contribution in [0.15, 0.2) is 82.2 Å². The van der Waals surface area contributed by atoms with Gasteiger partial charge in [0.05, 0.1) is 10.6 Å². The Morgan fingerprint density at radius 3 is 2.49 bits per heavy atom. The maximum Gasteiger partial charge on any atom is 0.264 e. The fourth-order valence-corrected chi connectivity index (χ4v) is 6.20. The first-order valence-electron chi connectivity index (χ1n) is 12.2. The van der Waals surface area contributed by atoms with Crippen LogP contribution in [0.2, 0.25) is 0 Å². The Kier molecular flexibility index (Phi) is 6.55. The Balaban J connectivity index is 1.29. The van der Waals surface area contributed by atoms with Crippen molar-refractivity contribution in [1.29, 1.82) is 0 Å². The molecule has 3 aromatic carbocycles. The first-order chi connectivity index (χ1) is 17.7. The molecule has 9 heteroatoms.